The summed E-state index contributed by atoms with van der Waals surface area (Å²) in [4.78, 5) is 12.1. The van der Waals surface area contributed by atoms with E-state index in [1.807, 2.05) is 0 Å². The summed E-state index contributed by atoms with van der Waals surface area (Å²) in [6, 6.07) is 7.05. The Bertz CT molecular complexity index is 813. The molecule has 112 valence electrons. The predicted octanol–water partition coefficient (Wildman–Crippen LogP) is 2.06. The largest absolute Gasteiger partial charge is 0.309 e. The van der Waals surface area contributed by atoms with E-state index in [1.54, 1.807) is 0 Å². The molecule has 0 fully saturated rings. The zero-order valence-corrected chi connectivity index (χ0v) is 12.6. The minimum Gasteiger partial charge on any atom is -0.309 e. The number of sulfonamides is 1. The first-order valence-electron chi connectivity index (χ1n) is 5.88. The zero-order chi connectivity index (χ0) is 15.6. The molecule has 1 N–H and O–H groups in total. The highest BCUT2D eigenvalue weighted by atomic mass is 35.5. The molecule has 0 spiro atoms. The van der Waals surface area contributed by atoms with Gasteiger partial charge in [0.2, 0.25) is 10.0 Å². The van der Waals surface area contributed by atoms with E-state index >= 15 is 0 Å². The molecule has 0 amide bonds. The number of halogens is 2. The maximum absolute atomic E-state index is 13.7. The minimum atomic E-state index is -3.57. The van der Waals surface area contributed by atoms with Crippen LogP contribution < -0.4 is 10.3 Å². The molecular formula is C13H12ClFN2O3S. The summed E-state index contributed by atoms with van der Waals surface area (Å²) in [5.74, 6) is -0.532. The van der Waals surface area contributed by atoms with Crippen molar-refractivity contribution in [3.8, 4) is 0 Å². The fourth-order valence-electron chi connectivity index (χ4n) is 1.79. The number of rotatable bonds is 4. The number of pyridine rings is 1. The lowest BCUT2D eigenvalue weighted by Gasteiger charge is -2.10. The Morgan fingerprint density at radius 1 is 1.29 bits per heavy atom. The molecule has 1 aromatic carbocycles. The Hall–Kier alpha value is -1.86. The monoisotopic (exact) mass is 330 g/mol. The number of aromatic nitrogens is 1. The van der Waals surface area contributed by atoms with Crippen LogP contribution in [0, 0.1) is 5.82 Å². The molecule has 0 bridgehead atoms. The Kier molecular flexibility index (Phi) is 4.34. The standard InChI is InChI=1S/C13H12ClFN2O3S/c1-21(19,20)16-12-6-3-7-17(13(12)18)8-9-10(14)4-2-5-11(9)15/h2-7,16H,8H2,1H3. The Balaban J connectivity index is 2.43. The minimum absolute atomic E-state index is 0.0936. The van der Waals surface area contributed by atoms with Crippen LogP contribution in [0.4, 0.5) is 10.1 Å². The zero-order valence-electron chi connectivity index (χ0n) is 11.0. The van der Waals surface area contributed by atoms with E-state index in [2.05, 4.69) is 4.72 Å². The first-order chi connectivity index (χ1) is 9.78. The average molecular weight is 331 g/mol. The summed E-state index contributed by atoms with van der Waals surface area (Å²) in [6.45, 7) is -0.0936. The number of anilines is 1. The molecule has 0 aliphatic heterocycles. The number of nitrogens with one attached hydrogen (secondary N) is 1. The van der Waals surface area contributed by atoms with E-state index in [-0.39, 0.29) is 22.8 Å². The molecule has 0 saturated heterocycles. The van der Waals surface area contributed by atoms with Gasteiger partial charge in [0, 0.05) is 16.8 Å². The molecule has 0 aliphatic rings. The van der Waals surface area contributed by atoms with E-state index in [0.29, 0.717) is 0 Å². The van der Waals surface area contributed by atoms with Gasteiger partial charge in [0.25, 0.3) is 5.56 Å². The van der Waals surface area contributed by atoms with Gasteiger partial charge in [-0.05, 0) is 24.3 Å². The van der Waals surface area contributed by atoms with Gasteiger partial charge in [-0.1, -0.05) is 17.7 Å². The second kappa shape index (κ2) is 5.87. The van der Waals surface area contributed by atoms with Gasteiger partial charge in [-0.15, -0.1) is 0 Å². The van der Waals surface area contributed by atoms with Crippen molar-refractivity contribution in [3.05, 3.63) is 63.3 Å². The van der Waals surface area contributed by atoms with Crippen molar-refractivity contribution >= 4 is 27.3 Å². The fraction of sp³-hybridized carbons (Fsp3) is 0.154. The van der Waals surface area contributed by atoms with Gasteiger partial charge in [-0.3, -0.25) is 9.52 Å². The third-order valence-electron chi connectivity index (χ3n) is 2.71. The quantitative estimate of drug-likeness (QED) is 0.933. The van der Waals surface area contributed by atoms with Crippen LogP contribution in [0.25, 0.3) is 0 Å². The molecule has 0 aliphatic carbocycles. The highest BCUT2D eigenvalue weighted by Crippen LogP contribution is 2.19. The van der Waals surface area contributed by atoms with Crippen LogP contribution >= 0.6 is 11.6 Å². The van der Waals surface area contributed by atoms with Crippen molar-refractivity contribution in [1.82, 2.24) is 4.57 Å². The Morgan fingerprint density at radius 2 is 2.00 bits per heavy atom. The molecule has 0 saturated carbocycles. The van der Waals surface area contributed by atoms with Gasteiger partial charge in [0.1, 0.15) is 11.5 Å². The molecule has 5 nitrogen and oxygen atoms in total. The molecule has 1 heterocycles. The maximum Gasteiger partial charge on any atom is 0.275 e. The summed E-state index contributed by atoms with van der Waals surface area (Å²) >= 11 is 5.91. The van der Waals surface area contributed by atoms with Gasteiger partial charge >= 0.3 is 0 Å². The smallest absolute Gasteiger partial charge is 0.275 e. The SMILES string of the molecule is CS(=O)(=O)Nc1cccn(Cc2c(F)cccc2Cl)c1=O. The number of benzene rings is 1. The first kappa shape index (κ1) is 15.5. The normalized spacial score (nSPS) is 11.4. The second-order valence-corrected chi connectivity index (χ2v) is 6.59. The van der Waals surface area contributed by atoms with E-state index in [9.17, 15) is 17.6 Å². The molecular weight excluding hydrogens is 319 g/mol. The third-order valence-corrected chi connectivity index (χ3v) is 3.65. The van der Waals surface area contributed by atoms with Crippen molar-refractivity contribution in [1.29, 1.82) is 0 Å². The molecule has 0 atom stereocenters. The van der Waals surface area contributed by atoms with Crippen LogP contribution in [0.1, 0.15) is 5.56 Å². The van der Waals surface area contributed by atoms with Crippen LogP contribution in [0.5, 0.6) is 0 Å². The summed E-state index contributed by atoms with van der Waals surface area (Å²) in [5.41, 5.74) is -0.521. The molecule has 0 radical (unpaired) electrons. The molecule has 2 rings (SSSR count). The highest BCUT2D eigenvalue weighted by Gasteiger charge is 2.11. The topological polar surface area (TPSA) is 68.2 Å². The first-order valence-corrected chi connectivity index (χ1v) is 8.15. The molecule has 0 unspecified atom stereocenters. The molecule has 2 aromatic rings. The van der Waals surface area contributed by atoms with Crippen molar-refractivity contribution in [2.75, 3.05) is 11.0 Å². The van der Waals surface area contributed by atoms with Crippen LogP contribution in [-0.4, -0.2) is 19.2 Å². The molecule has 1 aromatic heterocycles. The van der Waals surface area contributed by atoms with Crippen molar-refractivity contribution in [2.45, 2.75) is 6.54 Å². The highest BCUT2D eigenvalue weighted by molar-refractivity contribution is 7.92. The average Bonchev–Trinajstić information content (AvgIpc) is 2.36. The van der Waals surface area contributed by atoms with Crippen molar-refractivity contribution in [3.63, 3.8) is 0 Å². The van der Waals surface area contributed by atoms with Gasteiger partial charge in [0.05, 0.1) is 12.8 Å². The van der Waals surface area contributed by atoms with Crippen LogP contribution in [0.2, 0.25) is 5.02 Å². The van der Waals surface area contributed by atoms with E-state index < -0.39 is 21.4 Å². The van der Waals surface area contributed by atoms with Crippen LogP contribution in [-0.2, 0) is 16.6 Å². The lowest BCUT2D eigenvalue weighted by molar-refractivity contribution is 0.596. The van der Waals surface area contributed by atoms with Gasteiger partial charge in [-0.25, -0.2) is 12.8 Å². The summed E-state index contributed by atoms with van der Waals surface area (Å²) in [7, 11) is -3.57. The molecule has 8 heteroatoms. The van der Waals surface area contributed by atoms with Crippen LogP contribution in [0.15, 0.2) is 41.3 Å². The Labute approximate surface area is 126 Å². The summed E-state index contributed by atoms with van der Waals surface area (Å²) in [6.07, 6.45) is 2.37. The number of nitrogens with zero attached hydrogens (tertiary/aromatic N) is 1. The van der Waals surface area contributed by atoms with Crippen molar-refractivity contribution in [2.24, 2.45) is 0 Å². The number of hydrogen-bond acceptors (Lipinski definition) is 3. The summed E-state index contributed by atoms with van der Waals surface area (Å²) in [5, 5.41) is 0.198. The third kappa shape index (κ3) is 3.83. The van der Waals surface area contributed by atoms with E-state index in [1.165, 1.54) is 41.1 Å². The van der Waals surface area contributed by atoms with E-state index in [4.69, 9.17) is 11.6 Å². The maximum atomic E-state index is 13.7. The van der Waals surface area contributed by atoms with Crippen molar-refractivity contribution < 1.29 is 12.8 Å². The lowest BCUT2D eigenvalue weighted by atomic mass is 10.2. The van der Waals surface area contributed by atoms with Gasteiger partial charge in [0.15, 0.2) is 0 Å². The van der Waals surface area contributed by atoms with Crippen LogP contribution in [0.3, 0.4) is 0 Å². The second-order valence-electron chi connectivity index (χ2n) is 4.43. The lowest BCUT2D eigenvalue weighted by Crippen LogP contribution is -2.25. The molecule has 21 heavy (non-hydrogen) atoms. The van der Waals surface area contributed by atoms with Gasteiger partial charge < -0.3 is 4.57 Å². The number of hydrogen-bond donors (Lipinski definition) is 1. The predicted molar refractivity (Wildman–Crippen MR) is 79.7 cm³/mol. The van der Waals surface area contributed by atoms with Gasteiger partial charge in [-0.2, -0.15) is 0 Å². The Morgan fingerprint density at radius 3 is 2.62 bits per heavy atom. The fourth-order valence-corrected chi connectivity index (χ4v) is 2.57. The van der Waals surface area contributed by atoms with E-state index in [0.717, 1.165) is 6.26 Å². The summed E-state index contributed by atoms with van der Waals surface area (Å²) < 4.78 is 39.4.